The molecule has 2 N–H and O–H groups in total. The quantitative estimate of drug-likeness (QED) is 0.518. The van der Waals surface area contributed by atoms with Crippen LogP contribution in [0.2, 0.25) is 0 Å². The molecule has 140 valence electrons. The van der Waals surface area contributed by atoms with Crippen molar-refractivity contribution in [3.05, 3.63) is 33.8 Å². The molecule has 26 heavy (non-hydrogen) atoms. The lowest BCUT2D eigenvalue weighted by molar-refractivity contribution is -0.173. The Bertz CT molecular complexity index is 767. The number of alkyl halides is 3. The molecule has 0 spiro atoms. The van der Waals surface area contributed by atoms with Crippen LogP contribution in [0.3, 0.4) is 0 Å². The van der Waals surface area contributed by atoms with Gasteiger partial charge in [0.05, 0.1) is 11.1 Å². The highest BCUT2D eigenvalue weighted by Gasteiger charge is 2.38. The number of hydrogen-bond donors (Lipinski definition) is 2. The molecule has 2 rings (SSSR count). The Kier molecular flexibility index (Phi) is 6.01. The van der Waals surface area contributed by atoms with Gasteiger partial charge in [0.1, 0.15) is 6.54 Å². The van der Waals surface area contributed by atoms with E-state index in [1.807, 2.05) is 0 Å². The van der Waals surface area contributed by atoms with Gasteiger partial charge in [-0.3, -0.25) is 24.1 Å². The minimum absolute atomic E-state index is 0.0221. The molecule has 1 aliphatic heterocycles. The summed E-state index contributed by atoms with van der Waals surface area (Å²) in [5.74, 6) is -3.88. The number of rotatable bonds is 6. The van der Waals surface area contributed by atoms with E-state index in [-0.39, 0.29) is 30.6 Å². The van der Waals surface area contributed by atoms with Gasteiger partial charge in [0.2, 0.25) is 5.91 Å². The predicted octanol–water partition coefficient (Wildman–Crippen LogP) is 1.23. The zero-order valence-corrected chi connectivity index (χ0v) is 14.7. The highest BCUT2D eigenvalue weighted by Crippen LogP contribution is 2.25. The van der Waals surface area contributed by atoms with Crippen molar-refractivity contribution >= 4 is 39.6 Å². The zero-order chi connectivity index (χ0) is 19.5. The van der Waals surface area contributed by atoms with Crippen molar-refractivity contribution in [1.29, 1.82) is 0 Å². The van der Waals surface area contributed by atoms with Gasteiger partial charge in [0.15, 0.2) is 0 Å². The molecule has 0 saturated heterocycles. The number of benzene rings is 1. The first-order valence-corrected chi connectivity index (χ1v) is 8.18. The summed E-state index contributed by atoms with van der Waals surface area (Å²) in [5.41, 5.74) is 0.382. The van der Waals surface area contributed by atoms with E-state index in [2.05, 4.69) is 21.2 Å². The molecule has 0 radical (unpaired) electrons. The number of carbonyl (C=O) groups is 4. The maximum atomic E-state index is 12.2. The van der Waals surface area contributed by atoms with Crippen molar-refractivity contribution in [2.45, 2.75) is 12.6 Å². The smallest absolute Gasteiger partial charge is 0.354 e. The lowest BCUT2D eigenvalue weighted by atomic mass is 10.1. The first-order valence-electron chi connectivity index (χ1n) is 7.38. The number of halogens is 4. The average molecular weight is 436 g/mol. The number of imide groups is 1. The molecule has 0 fully saturated rings. The van der Waals surface area contributed by atoms with E-state index in [0.717, 1.165) is 4.90 Å². The second-order valence-electron chi connectivity index (χ2n) is 5.34. The molecule has 0 aliphatic carbocycles. The molecule has 4 amide bonds. The fourth-order valence-corrected chi connectivity index (χ4v) is 2.59. The van der Waals surface area contributed by atoms with Gasteiger partial charge in [-0.2, -0.15) is 13.2 Å². The largest absolute Gasteiger partial charge is 0.471 e. The van der Waals surface area contributed by atoms with Crippen LogP contribution in [0.1, 0.15) is 27.1 Å². The summed E-state index contributed by atoms with van der Waals surface area (Å²) >= 11 is 3.19. The third-order valence-electron chi connectivity index (χ3n) is 3.45. The van der Waals surface area contributed by atoms with Gasteiger partial charge in [-0.15, -0.1) is 0 Å². The van der Waals surface area contributed by atoms with Gasteiger partial charge in [-0.05, 0) is 24.6 Å². The van der Waals surface area contributed by atoms with Gasteiger partial charge in [-0.1, -0.05) is 15.9 Å². The maximum absolute atomic E-state index is 12.2. The highest BCUT2D eigenvalue weighted by atomic mass is 79.9. The van der Waals surface area contributed by atoms with Crippen molar-refractivity contribution < 1.29 is 32.3 Å². The molecule has 0 aromatic heterocycles. The van der Waals surface area contributed by atoms with Gasteiger partial charge in [0, 0.05) is 17.6 Å². The van der Waals surface area contributed by atoms with E-state index >= 15 is 0 Å². The number of nitrogens with one attached hydrogen (secondary N) is 2. The third kappa shape index (κ3) is 4.59. The molecule has 0 unspecified atom stereocenters. The molecule has 7 nitrogen and oxygen atoms in total. The standard InChI is InChI=1S/C15H13BrF3N3O4/c16-8-2-3-9-10(6-8)13(25)22(12(9)24)7-11(23)20-4-1-5-21-14(26)15(17,18)19/h2-3,6H,1,4-5,7H2,(H,20,23)(H,21,26). The molecule has 1 aliphatic rings. The number of nitrogens with zero attached hydrogens (tertiary/aromatic N) is 1. The summed E-state index contributed by atoms with van der Waals surface area (Å²) in [5, 5.41) is 4.04. The number of carbonyl (C=O) groups excluding carboxylic acids is 4. The Hall–Kier alpha value is -2.43. The van der Waals surface area contributed by atoms with Crippen LogP contribution in [-0.4, -0.2) is 54.3 Å². The SMILES string of the molecule is O=C(CN1C(=O)c2ccc(Br)cc2C1=O)NCCCNC(=O)C(F)(F)F. The molecule has 1 aromatic rings. The zero-order valence-electron chi connectivity index (χ0n) is 13.2. The Morgan fingerprint density at radius 2 is 1.65 bits per heavy atom. The summed E-state index contributed by atoms with van der Waals surface area (Å²) in [6.07, 6.45) is -4.90. The number of hydrogen-bond acceptors (Lipinski definition) is 4. The predicted molar refractivity (Wildman–Crippen MR) is 86.2 cm³/mol. The van der Waals surface area contributed by atoms with E-state index < -0.39 is 36.3 Å². The molecule has 1 aromatic carbocycles. The van der Waals surface area contributed by atoms with Crippen molar-refractivity contribution in [2.24, 2.45) is 0 Å². The van der Waals surface area contributed by atoms with Crippen LogP contribution in [0.5, 0.6) is 0 Å². The monoisotopic (exact) mass is 435 g/mol. The molecule has 1 heterocycles. The summed E-state index contributed by atoms with van der Waals surface area (Å²) in [6.45, 7) is -0.801. The van der Waals surface area contributed by atoms with Crippen LogP contribution in [0.4, 0.5) is 13.2 Å². The lowest BCUT2D eigenvalue weighted by Gasteiger charge is -2.13. The normalized spacial score (nSPS) is 13.6. The summed E-state index contributed by atoms with van der Waals surface area (Å²) in [7, 11) is 0. The minimum atomic E-state index is -4.95. The van der Waals surface area contributed by atoms with Gasteiger partial charge < -0.3 is 10.6 Å². The Balaban J connectivity index is 1.78. The second kappa shape index (κ2) is 7.85. The Labute approximate surface area is 154 Å². The van der Waals surface area contributed by atoms with Gasteiger partial charge in [0.25, 0.3) is 11.8 Å². The van der Waals surface area contributed by atoms with E-state index in [0.29, 0.717) is 4.47 Å². The van der Waals surface area contributed by atoms with Crippen molar-refractivity contribution in [3.8, 4) is 0 Å². The fraction of sp³-hybridized carbons (Fsp3) is 0.333. The maximum Gasteiger partial charge on any atom is 0.471 e. The van der Waals surface area contributed by atoms with E-state index in [1.165, 1.54) is 12.1 Å². The van der Waals surface area contributed by atoms with Crippen LogP contribution in [-0.2, 0) is 9.59 Å². The van der Waals surface area contributed by atoms with Crippen LogP contribution >= 0.6 is 15.9 Å². The van der Waals surface area contributed by atoms with Crippen molar-refractivity contribution in [3.63, 3.8) is 0 Å². The third-order valence-corrected chi connectivity index (χ3v) is 3.95. The van der Waals surface area contributed by atoms with Crippen LogP contribution in [0.15, 0.2) is 22.7 Å². The summed E-state index contributed by atoms with van der Waals surface area (Å²) in [6, 6.07) is 4.56. The van der Waals surface area contributed by atoms with Crippen LogP contribution in [0.25, 0.3) is 0 Å². The molecular weight excluding hydrogens is 423 g/mol. The van der Waals surface area contributed by atoms with Crippen LogP contribution < -0.4 is 10.6 Å². The van der Waals surface area contributed by atoms with Gasteiger partial charge >= 0.3 is 12.1 Å². The van der Waals surface area contributed by atoms with Crippen molar-refractivity contribution in [2.75, 3.05) is 19.6 Å². The first kappa shape index (κ1) is 19.9. The minimum Gasteiger partial charge on any atom is -0.354 e. The number of amides is 4. The topological polar surface area (TPSA) is 95.6 Å². The summed E-state index contributed by atoms with van der Waals surface area (Å²) < 4.78 is 36.5. The highest BCUT2D eigenvalue weighted by molar-refractivity contribution is 9.10. The lowest BCUT2D eigenvalue weighted by Crippen LogP contribution is -2.41. The molecule has 11 heteroatoms. The van der Waals surface area contributed by atoms with E-state index in [9.17, 15) is 32.3 Å². The Morgan fingerprint density at radius 3 is 2.31 bits per heavy atom. The number of fused-ring (bicyclic) bond motifs is 1. The van der Waals surface area contributed by atoms with E-state index in [1.54, 1.807) is 11.4 Å². The van der Waals surface area contributed by atoms with E-state index in [4.69, 9.17) is 0 Å². The second-order valence-corrected chi connectivity index (χ2v) is 6.26. The fourth-order valence-electron chi connectivity index (χ4n) is 2.22. The average Bonchev–Trinajstić information content (AvgIpc) is 2.78. The molecule has 0 saturated carbocycles. The molecular formula is C15H13BrF3N3O4. The first-order chi connectivity index (χ1) is 12.1. The molecule has 0 atom stereocenters. The van der Waals surface area contributed by atoms with Gasteiger partial charge in [-0.25, -0.2) is 0 Å². The summed E-state index contributed by atoms with van der Waals surface area (Å²) in [4.78, 5) is 47.6. The molecule has 0 bridgehead atoms. The van der Waals surface area contributed by atoms with Crippen LogP contribution in [0, 0.1) is 0 Å². The van der Waals surface area contributed by atoms with Crippen molar-refractivity contribution in [1.82, 2.24) is 15.5 Å². The Morgan fingerprint density at radius 1 is 1.04 bits per heavy atom.